The minimum absolute atomic E-state index is 0.206. The highest BCUT2D eigenvalue weighted by atomic mass is 16.2. The topological polar surface area (TPSA) is 84.0 Å². The van der Waals surface area contributed by atoms with Crippen molar-refractivity contribution in [1.82, 2.24) is 9.97 Å². The van der Waals surface area contributed by atoms with Crippen LogP contribution in [0.4, 0.5) is 11.4 Å². The van der Waals surface area contributed by atoms with E-state index in [4.69, 9.17) is 0 Å². The molecule has 2 N–H and O–H groups in total. The van der Waals surface area contributed by atoms with Crippen molar-refractivity contribution < 1.29 is 9.59 Å². The molecule has 0 aliphatic carbocycles. The predicted octanol–water partition coefficient (Wildman–Crippen LogP) is 5.66. The van der Waals surface area contributed by atoms with Gasteiger partial charge in [-0.15, -0.1) is 0 Å². The van der Waals surface area contributed by atoms with Crippen LogP contribution < -0.4 is 10.6 Å². The van der Waals surface area contributed by atoms with Gasteiger partial charge in [0.15, 0.2) is 0 Å². The van der Waals surface area contributed by atoms with Crippen LogP contribution in [0.25, 0.3) is 17.3 Å². The summed E-state index contributed by atoms with van der Waals surface area (Å²) in [6.45, 7) is 3.81. The van der Waals surface area contributed by atoms with Crippen LogP contribution in [-0.4, -0.2) is 21.8 Å². The van der Waals surface area contributed by atoms with Gasteiger partial charge in [-0.1, -0.05) is 36.4 Å². The van der Waals surface area contributed by atoms with Crippen molar-refractivity contribution in [2.24, 2.45) is 0 Å². The Bertz CT molecular complexity index is 1380. The number of aromatic nitrogens is 2. The van der Waals surface area contributed by atoms with Gasteiger partial charge in [0.05, 0.1) is 5.69 Å². The number of rotatable bonds is 6. The average molecular weight is 449 g/mol. The highest BCUT2D eigenvalue weighted by molar-refractivity contribution is 6.05. The minimum atomic E-state index is -0.273. The Hall–Kier alpha value is -4.58. The molecule has 0 aliphatic rings. The van der Waals surface area contributed by atoms with Crippen molar-refractivity contribution in [2.75, 3.05) is 10.6 Å². The molecule has 6 nitrogen and oxygen atoms in total. The molecular weight excluding hydrogens is 424 g/mol. The van der Waals surface area contributed by atoms with Crippen LogP contribution in [-0.2, 0) is 4.79 Å². The zero-order valence-corrected chi connectivity index (χ0v) is 18.9. The van der Waals surface area contributed by atoms with Crippen LogP contribution in [0.15, 0.2) is 91.1 Å². The summed E-state index contributed by atoms with van der Waals surface area (Å²) in [5.74, 6) is 0.206. The number of aryl methyl sites for hydroxylation is 2. The number of carbonyl (C=O) groups is 2. The van der Waals surface area contributed by atoms with E-state index in [0.717, 1.165) is 28.1 Å². The molecule has 0 atom stereocenters. The first-order valence-electron chi connectivity index (χ1n) is 10.8. The van der Waals surface area contributed by atoms with Gasteiger partial charge in [-0.25, -0.2) is 9.97 Å². The fourth-order valence-corrected chi connectivity index (χ4v) is 3.44. The van der Waals surface area contributed by atoms with E-state index in [1.54, 1.807) is 30.5 Å². The van der Waals surface area contributed by atoms with Gasteiger partial charge in [0.25, 0.3) is 5.91 Å². The van der Waals surface area contributed by atoms with Crippen LogP contribution in [0.3, 0.4) is 0 Å². The molecule has 0 saturated carbocycles. The molecule has 3 aromatic carbocycles. The Morgan fingerprint density at radius 1 is 0.824 bits per heavy atom. The number of carbonyl (C=O) groups excluding carboxylic acids is 2. The lowest BCUT2D eigenvalue weighted by Crippen LogP contribution is -2.12. The minimum Gasteiger partial charge on any atom is -0.322 e. The predicted molar refractivity (Wildman–Crippen MR) is 135 cm³/mol. The Morgan fingerprint density at radius 2 is 1.59 bits per heavy atom. The first-order valence-corrected chi connectivity index (χ1v) is 10.8. The van der Waals surface area contributed by atoms with E-state index in [2.05, 4.69) is 20.6 Å². The monoisotopic (exact) mass is 448 g/mol. The molecule has 4 rings (SSSR count). The van der Waals surface area contributed by atoms with E-state index < -0.39 is 0 Å². The molecule has 0 radical (unpaired) electrons. The van der Waals surface area contributed by atoms with Gasteiger partial charge in [0, 0.05) is 34.8 Å². The lowest BCUT2D eigenvalue weighted by atomic mass is 10.1. The summed E-state index contributed by atoms with van der Waals surface area (Å²) < 4.78 is 0. The zero-order chi connectivity index (χ0) is 23.9. The number of benzene rings is 3. The van der Waals surface area contributed by atoms with Crippen molar-refractivity contribution >= 4 is 29.3 Å². The second-order valence-corrected chi connectivity index (χ2v) is 7.84. The second kappa shape index (κ2) is 10.4. The summed E-state index contributed by atoms with van der Waals surface area (Å²) in [6.07, 6.45) is 4.83. The van der Waals surface area contributed by atoms with Gasteiger partial charge >= 0.3 is 0 Å². The van der Waals surface area contributed by atoms with Gasteiger partial charge in [-0.3, -0.25) is 9.59 Å². The molecule has 1 heterocycles. The highest BCUT2D eigenvalue weighted by Gasteiger charge is 2.07. The van der Waals surface area contributed by atoms with E-state index in [1.807, 2.05) is 74.5 Å². The molecule has 1 aromatic heterocycles. The third-order valence-electron chi connectivity index (χ3n) is 5.05. The third-order valence-corrected chi connectivity index (χ3v) is 5.05. The summed E-state index contributed by atoms with van der Waals surface area (Å²) in [5.41, 5.74) is 5.41. The molecule has 0 fully saturated rings. The first-order chi connectivity index (χ1) is 16.5. The van der Waals surface area contributed by atoms with Crippen molar-refractivity contribution in [2.45, 2.75) is 13.8 Å². The van der Waals surface area contributed by atoms with E-state index in [0.29, 0.717) is 17.1 Å². The fraction of sp³-hybridized carbons (Fsp3) is 0.0714. The number of amides is 2. The average Bonchev–Trinajstić information content (AvgIpc) is 2.83. The standard InChI is InChI=1S/C28H24N4O2/c1-19-6-3-10-24(16-19)32-28(34)23-9-4-7-21(17-23)12-13-27(33)31-25-11-5-8-22(18-25)26-14-15-29-20(2)30-26/h3-18H,1-2H3,(H,31,33)(H,32,34)/b13-12+. The quantitative estimate of drug-likeness (QED) is 0.373. The van der Waals surface area contributed by atoms with Gasteiger partial charge in [0.1, 0.15) is 5.82 Å². The van der Waals surface area contributed by atoms with Crippen molar-refractivity contribution in [3.8, 4) is 11.3 Å². The second-order valence-electron chi connectivity index (χ2n) is 7.84. The summed E-state index contributed by atoms with van der Waals surface area (Å²) in [6, 6.07) is 24.0. The van der Waals surface area contributed by atoms with E-state index in [1.165, 1.54) is 6.08 Å². The zero-order valence-electron chi connectivity index (χ0n) is 18.9. The van der Waals surface area contributed by atoms with Gasteiger partial charge in [0.2, 0.25) is 5.91 Å². The van der Waals surface area contributed by atoms with Crippen LogP contribution in [0.1, 0.15) is 27.3 Å². The molecule has 34 heavy (non-hydrogen) atoms. The highest BCUT2D eigenvalue weighted by Crippen LogP contribution is 2.21. The summed E-state index contributed by atoms with van der Waals surface area (Å²) in [7, 11) is 0. The normalized spacial score (nSPS) is 10.8. The van der Waals surface area contributed by atoms with Gasteiger partial charge in [-0.2, -0.15) is 0 Å². The number of nitrogens with zero attached hydrogens (tertiary/aromatic N) is 2. The Morgan fingerprint density at radius 3 is 2.38 bits per heavy atom. The van der Waals surface area contributed by atoms with Crippen LogP contribution in [0.5, 0.6) is 0 Å². The van der Waals surface area contributed by atoms with Crippen molar-refractivity contribution in [3.05, 3.63) is 114 Å². The molecule has 0 saturated heterocycles. The Balaban J connectivity index is 1.41. The molecule has 0 bridgehead atoms. The molecule has 4 aromatic rings. The molecule has 0 aliphatic heterocycles. The summed E-state index contributed by atoms with van der Waals surface area (Å²) in [4.78, 5) is 33.6. The van der Waals surface area contributed by atoms with Gasteiger partial charge < -0.3 is 10.6 Å². The molecule has 0 spiro atoms. The van der Waals surface area contributed by atoms with Crippen LogP contribution >= 0.6 is 0 Å². The van der Waals surface area contributed by atoms with Crippen molar-refractivity contribution in [3.63, 3.8) is 0 Å². The smallest absolute Gasteiger partial charge is 0.255 e. The summed E-state index contributed by atoms with van der Waals surface area (Å²) in [5, 5.41) is 5.76. The molecule has 2 amide bonds. The van der Waals surface area contributed by atoms with Crippen LogP contribution in [0, 0.1) is 13.8 Å². The van der Waals surface area contributed by atoms with Crippen LogP contribution in [0.2, 0.25) is 0 Å². The summed E-state index contributed by atoms with van der Waals surface area (Å²) >= 11 is 0. The molecule has 6 heteroatoms. The van der Waals surface area contributed by atoms with E-state index in [-0.39, 0.29) is 11.8 Å². The first kappa shape index (κ1) is 22.6. The third kappa shape index (κ3) is 6.01. The van der Waals surface area contributed by atoms with E-state index in [9.17, 15) is 9.59 Å². The lowest BCUT2D eigenvalue weighted by Gasteiger charge is -2.07. The Labute approximate surface area is 198 Å². The lowest BCUT2D eigenvalue weighted by molar-refractivity contribution is -0.111. The molecular formula is C28H24N4O2. The Kier molecular flexibility index (Phi) is 6.89. The number of hydrogen-bond acceptors (Lipinski definition) is 4. The largest absolute Gasteiger partial charge is 0.322 e. The molecule has 0 unspecified atom stereocenters. The molecule has 168 valence electrons. The SMILES string of the molecule is Cc1cccc(NC(=O)c2cccc(/C=C/C(=O)Nc3cccc(-c4ccnc(C)n4)c3)c2)c1. The maximum Gasteiger partial charge on any atom is 0.255 e. The fourth-order valence-electron chi connectivity index (χ4n) is 3.44. The number of nitrogens with one attached hydrogen (secondary N) is 2. The number of anilines is 2. The van der Waals surface area contributed by atoms with E-state index >= 15 is 0 Å². The maximum atomic E-state index is 12.6. The van der Waals surface area contributed by atoms with Crippen molar-refractivity contribution in [1.29, 1.82) is 0 Å². The van der Waals surface area contributed by atoms with Gasteiger partial charge in [-0.05, 0) is 73.5 Å². The maximum absolute atomic E-state index is 12.6. The number of hydrogen-bond donors (Lipinski definition) is 2.